The number of halogens is 1. The van der Waals surface area contributed by atoms with Crippen molar-refractivity contribution in [3.05, 3.63) is 34.5 Å². The number of hydrogen-bond donors (Lipinski definition) is 1. The van der Waals surface area contributed by atoms with Gasteiger partial charge in [-0.25, -0.2) is 4.79 Å². The lowest BCUT2D eigenvalue weighted by molar-refractivity contribution is -0.124. The molecule has 1 N–H and O–H groups in total. The topological polar surface area (TPSA) is 68.5 Å². The Labute approximate surface area is 127 Å². The van der Waals surface area contributed by atoms with Gasteiger partial charge in [-0.2, -0.15) is 0 Å². The first-order valence-corrected chi connectivity index (χ1v) is 7.03. The van der Waals surface area contributed by atoms with Crippen molar-refractivity contribution in [3.8, 4) is 0 Å². The minimum absolute atomic E-state index is 0.0707. The fourth-order valence-electron chi connectivity index (χ4n) is 1.92. The molecule has 0 aliphatic rings. The Hall–Kier alpha value is -2.01. The molecule has 0 aliphatic heterocycles. The van der Waals surface area contributed by atoms with Crippen molar-refractivity contribution in [2.24, 2.45) is 0 Å². The van der Waals surface area contributed by atoms with Gasteiger partial charge < -0.3 is 14.5 Å². The van der Waals surface area contributed by atoms with Crippen LogP contribution in [-0.4, -0.2) is 25.0 Å². The number of amides is 1. The smallest absolute Gasteiger partial charge is 0.375 e. The van der Waals surface area contributed by atoms with E-state index in [0.29, 0.717) is 22.7 Å². The molecule has 1 heterocycles. The third-order valence-electron chi connectivity index (χ3n) is 3.01. The van der Waals surface area contributed by atoms with Gasteiger partial charge in [-0.1, -0.05) is 30.7 Å². The van der Waals surface area contributed by atoms with Crippen LogP contribution in [0.25, 0.3) is 11.0 Å². The van der Waals surface area contributed by atoms with E-state index in [1.165, 1.54) is 0 Å². The van der Waals surface area contributed by atoms with E-state index >= 15 is 0 Å². The summed E-state index contributed by atoms with van der Waals surface area (Å²) < 4.78 is 10.4. The largest absolute Gasteiger partial charge is 0.450 e. The Morgan fingerprint density at radius 2 is 2.14 bits per heavy atom. The summed E-state index contributed by atoms with van der Waals surface area (Å²) in [5, 5.41) is 3.80. The summed E-state index contributed by atoms with van der Waals surface area (Å²) in [5.74, 6) is -0.940. The molecule has 0 radical (unpaired) electrons. The molecule has 1 amide bonds. The molecule has 0 spiro atoms. The highest BCUT2D eigenvalue weighted by atomic mass is 35.5. The molecule has 0 unspecified atom stereocenters. The van der Waals surface area contributed by atoms with E-state index in [2.05, 4.69) is 5.32 Å². The summed E-state index contributed by atoms with van der Waals surface area (Å²) in [4.78, 5) is 23.4. The SMILES string of the molecule is CCCNC(=O)COC(=O)c1oc2c(Cl)cccc2c1C. The molecule has 0 saturated heterocycles. The van der Waals surface area contributed by atoms with Gasteiger partial charge in [-0.15, -0.1) is 0 Å². The third-order valence-corrected chi connectivity index (χ3v) is 3.31. The van der Waals surface area contributed by atoms with Gasteiger partial charge in [0.2, 0.25) is 5.76 Å². The molecule has 0 bridgehead atoms. The molecule has 21 heavy (non-hydrogen) atoms. The predicted molar refractivity (Wildman–Crippen MR) is 79.5 cm³/mol. The van der Waals surface area contributed by atoms with E-state index in [4.69, 9.17) is 20.8 Å². The number of carbonyl (C=O) groups excluding carboxylic acids is 2. The Morgan fingerprint density at radius 3 is 2.81 bits per heavy atom. The minimum Gasteiger partial charge on any atom is -0.450 e. The standard InChI is InChI=1S/C15H16ClNO4/c1-3-7-17-12(18)8-20-15(19)13-9(2)10-5-4-6-11(16)14(10)21-13/h4-6H,3,7-8H2,1-2H3,(H,17,18). The van der Waals surface area contributed by atoms with Gasteiger partial charge in [0.25, 0.3) is 5.91 Å². The fourth-order valence-corrected chi connectivity index (χ4v) is 2.13. The van der Waals surface area contributed by atoms with Gasteiger partial charge in [0.15, 0.2) is 12.2 Å². The first kappa shape index (κ1) is 15.4. The number of esters is 1. The highest BCUT2D eigenvalue weighted by molar-refractivity contribution is 6.35. The lowest BCUT2D eigenvalue weighted by Crippen LogP contribution is -2.29. The minimum atomic E-state index is -0.675. The molecule has 2 aromatic rings. The number of rotatable bonds is 5. The van der Waals surface area contributed by atoms with E-state index in [-0.39, 0.29) is 18.3 Å². The fraction of sp³-hybridized carbons (Fsp3) is 0.333. The molecule has 0 fully saturated rings. The average Bonchev–Trinajstić information content (AvgIpc) is 2.81. The van der Waals surface area contributed by atoms with Crippen LogP contribution >= 0.6 is 11.6 Å². The van der Waals surface area contributed by atoms with Crippen LogP contribution in [0.3, 0.4) is 0 Å². The Bertz CT molecular complexity index is 678. The van der Waals surface area contributed by atoms with Gasteiger partial charge in [-0.3, -0.25) is 4.79 Å². The van der Waals surface area contributed by atoms with Gasteiger partial charge in [0.1, 0.15) is 0 Å². The first-order chi connectivity index (χ1) is 10.0. The predicted octanol–water partition coefficient (Wildman–Crippen LogP) is 3.08. The second-order valence-corrected chi connectivity index (χ2v) is 5.01. The Kier molecular flexibility index (Phi) is 4.85. The van der Waals surface area contributed by atoms with Crippen molar-refractivity contribution in [2.75, 3.05) is 13.2 Å². The number of para-hydroxylation sites is 1. The Morgan fingerprint density at radius 1 is 1.38 bits per heavy atom. The molecule has 0 saturated carbocycles. The molecule has 1 aromatic heterocycles. The Balaban J connectivity index is 2.11. The maximum absolute atomic E-state index is 12.0. The number of benzene rings is 1. The summed E-state index contributed by atoms with van der Waals surface area (Å²) in [6.07, 6.45) is 0.820. The lowest BCUT2D eigenvalue weighted by atomic mass is 10.1. The van der Waals surface area contributed by atoms with E-state index in [0.717, 1.165) is 11.8 Å². The van der Waals surface area contributed by atoms with Crippen LogP contribution in [0, 0.1) is 6.92 Å². The summed E-state index contributed by atoms with van der Waals surface area (Å²) in [7, 11) is 0. The third kappa shape index (κ3) is 3.36. The van der Waals surface area contributed by atoms with Crippen LogP contribution in [0.15, 0.2) is 22.6 Å². The molecule has 0 aliphatic carbocycles. The molecular weight excluding hydrogens is 294 g/mol. The van der Waals surface area contributed by atoms with Crippen molar-refractivity contribution in [3.63, 3.8) is 0 Å². The van der Waals surface area contributed by atoms with Crippen molar-refractivity contribution in [1.82, 2.24) is 5.32 Å². The molecule has 1 aromatic carbocycles. The van der Waals surface area contributed by atoms with E-state index < -0.39 is 5.97 Å². The van der Waals surface area contributed by atoms with Crippen molar-refractivity contribution in [1.29, 1.82) is 0 Å². The van der Waals surface area contributed by atoms with Crippen molar-refractivity contribution < 1.29 is 18.7 Å². The van der Waals surface area contributed by atoms with Crippen LogP contribution in [0.2, 0.25) is 5.02 Å². The molecule has 112 valence electrons. The second-order valence-electron chi connectivity index (χ2n) is 4.60. The van der Waals surface area contributed by atoms with Crippen LogP contribution in [-0.2, 0) is 9.53 Å². The average molecular weight is 310 g/mol. The van der Waals surface area contributed by atoms with Crippen LogP contribution in [0.5, 0.6) is 0 Å². The molecule has 5 nitrogen and oxygen atoms in total. The number of hydrogen-bond acceptors (Lipinski definition) is 4. The number of carbonyl (C=O) groups is 2. The van der Waals surface area contributed by atoms with Gasteiger partial charge in [-0.05, 0) is 19.4 Å². The molecule has 0 atom stereocenters. The maximum Gasteiger partial charge on any atom is 0.375 e. The quantitative estimate of drug-likeness (QED) is 0.862. The maximum atomic E-state index is 12.0. The first-order valence-electron chi connectivity index (χ1n) is 6.66. The number of fused-ring (bicyclic) bond motifs is 1. The molecule has 2 rings (SSSR count). The highest BCUT2D eigenvalue weighted by Crippen LogP contribution is 2.30. The van der Waals surface area contributed by atoms with Crippen LogP contribution in [0.4, 0.5) is 0 Å². The summed E-state index contributed by atoms with van der Waals surface area (Å²) in [6.45, 7) is 3.91. The summed E-state index contributed by atoms with van der Waals surface area (Å²) in [5.41, 5.74) is 1.09. The zero-order valence-electron chi connectivity index (χ0n) is 11.9. The lowest BCUT2D eigenvalue weighted by Gasteiger charge is -2.04. The monoisotopic (exact) mass is 309 g/mol. The zero-order valence-corrected chi connectivity index (χ0v) is 12.6. The molecule has 6 heteroatoms. The summed E-state index contributed by atoms with van der Waals surface area (Å²) >= 11 is 6.02. The second kappa shape index (κ2) is 6.63. The van der Waals surface area contributed by atoms with Crippen LogP contribution in [0.1, 0.15) is 29.5 Å². The van der Waals surface area contributed by atoms with Crippen molar-refractivity contribution in [2.45, 2.75) is 20.3 Å². The van der Waals surface area contributed by atoms with Gasteiger partial charge in [0, 0.05) is 17.5 Å². The molecular formula is C15H16ClNO4. The highest BCUT2D eigenvalue weighted by Gasteiger charge is 2.20. The van der Waals surface area contributed by atoms with Gasteiger partial charge >= 0.3 is 5.97 Å². The number of nitrogens with one attached hydrogen (secondary N) is 1. The van der Waals surface area contributed by atoms with E-state index in [1.54, 1.807) is 19.1 Å². The van der Waals surface area contributed by atoms with E-state index in [9.17, 15) is 9.59 Å². The zero-order chi connectivity index (χ0) is 15.4. The summed E-state index contributed by atoms with van der Waals surface area (Å²) in [6, 6.07) is 5.27. The number of aryl methyl sites for hydroxylation is 1. The van der Waals surface area contributed by atoms with Gasteiger partial charge in [0.05, 0.1) is 5.02 Å². The normalized spacial score (nSPS) is 10.6. The number of ether oxygens (including phenoxy) is 1. The van der Waals surface area contributed by atoms with E-state index in [1.807, 2.05) is 13.0 Å². The van der Waals surface area contributed by atoms with Crippen molar-refractivity contribution >= 4 is 34.4 Å². The number of furan rings is 1. The van der Waals surface area contributed by atoms with Crippen LogP contribution < -0.4 is 5.32 Å².